The lowest BCUT2D eigenvalue weighted by Crippen LogP contribution is -2.42. The highest BCUT2D eigenvalue weighted by Gasteiger charge is 2.27. The molecule has 6 nitrogen and oxygen atoms in total. The van der Waals surface area contributed by atoms with Crippen molar-refractivity contribution in [2.24, 2.45) is 11.1 Å². The number of rotatable bonds is 5. The van der Waals surface area contributed by atoms with Crippen LogP contribution < -0.4 is 16.2 Å². The number of hydrogen-bond acceptors (Lipinski definition) is 4. The average Bonchev–Trinajstić information content (AvgIpc) is 2.25. The van der Waals surface area contributed by atoms with Crippen molar-refractivity contribution in [3.05, 3.63) is 23.8 Å². The van der Waals surface area contributed by atoms with Gasteiger partial charge in [0.2, 0.25) is 15.9 Å². The van der Waals surface area contributed by atoms with Crippen LogP contribution in [0.15, 0.2) is 23.1 Å². The topological polar surface area (TPSA) is 115 Å². The minimum atomic E-state index is -3.71. The Morgan fingerprint density at radius 2 is 1.89 bits per heavy atom. The number of nitrogen functional groups attached to an aromatic ring is 1. The Kier molecular flexibility index (Phi) is 4.21. The molecule has 0 unspecified atom stereocenters. The zero-order valence-electron chi connectivity index (χ0n) is 11.2. The molecule has 0 saturated carbocycles. The van der Waals surface area contributed by atoms with Gasteiger partial charge in [0.25, 0.3) is 0 Å². The van der Waals surface area contributed by atoms with Crippen molar-refractivity contribution in [3.8, 4) is 0 Å². The maximum Gasteiger partial charge on any atom is 0.240 e. The summed E-state index contributed by atoms with van der Waals surface area (Å²) in [5.74, 6) is -0.570. The summed E-state index contributed by atoms with van der Waals surface area (Å²) in [7, 11) is -3.71. The molecule has 0 fully saturated rings. The number of amides is 1. The van der Waals surface area contributed by atoms with Gasteiger partial charge in [0.1, 0.15) is 0 Å². The molecule has 1 aromatic carbocycles. The zero-order chi connectivity index (χ0) is 14.8. The Morgan fingerprint density at radius 1 is 1.32 bits per heavy atom. The highest BCUT2D eigenvalue weighted by atomic mass is 32.2. The third-order valence-electron chi connectivity index (χ3n) is 2.75. The normalized spacial score (nSPS) is 12.4. The SMILES string of the molecule is Cc1cc(N)cc(S(=O)(=O)NCC(C)(C)C(N)=O)c1. The van der Waals surface area contributed by atoms with Crippen molar-refractivity contribution < 1.29 is 13.2 Å². The first kappa shape index (κ1) is 15.5. The van der Waals surface area contributed by atoms with Gasteiger partial charge >= 0.3 is 0 Å². The number of sulfonamides is 1. The zero-order valence-corrected chi connectivity index (χ0v) is 12.0. The van der Waals surface area contributed by atoms with Crippen molar-refractivity contribution in [1.29, 1.82) is 0 Å². The number of benzene rings is 1. The van der Waals surface area contributed by atoms with Crippen LogP contribution in [0.1, 0.15) is 19.4 Å². The molecule has 0 bridgehead atoms. The van der Waals surface area contributed by atoms with E-state index in [4.69, 9.17) is 11.5 Å². The van der Waals surface area contributed by atoms with Gasteiger partial charge in [-0.05, 0) is 44.5 Å². The van der Waals surface area contributed by atoms with Crippen molar-refractivity contribution >= 4 is 21.6 Å². The van der Waals surface area contributed by atoms with Crippen LogP contribution in [0.3, 0.4) is 0 Å². The Morgan fingerprint density at radius 3 is 2.37 bits per heavy atom. The molecule has 0 aliphatic heterocycles. The summed E-state index contributed by atoms with van der Waals surface area (Å²) in [6.45, 7) is 4.83. The third-order valence-corrected chi connectivity index (χ3v) is 4.14. The van der Waals surface area contributed by atoms with Crippen LogP contribution in [0.5, 0.6) is 0 Å². The first-order valence-corrected chi connectivity index (χ1v) is 7.20. The van der Waals surface area contributed by atoms with E-state index in [1.54, 1.807) is 26.8 Å². The second-order valence-electron chi connectivity index (χ2n) is 5.15. The van der Waals surface area contributed by atoms with E-state index in [-0.39, 0.29) is 11.4 Å². The van der Waals surface area contributed by atoms with Crippen LogP contribution in [0.25, 0.3) is 0 Å². The van der Waals surface area contributed by atoms with Crippen LogP contribution in [0.2, 0.25) is 0 Å². The molecule has 7 heteroatoms. The molecular weight excluding hydrogens is 266 g/mol. The number of primary amides is 1. The van der Waals surface area contributed by atoms with Gasteiger partial charge < -0.3 is 11.5 Å². The average molecular weight is 285 g/mol. The molecule has 5 N–H and O–H groups in total. The number of anilines is 1. The van der Waals surface area contributed by atoms with Gasteiger partial charge in [0, 0.05) is 12.2 Å². The largest absolute Gasteiger partial charge is 0.399 e. The number of nitrogens with two attached hydrogens (primary N) is 2. The summed E-state index contributed by atoms with van der Waals surface area (Å²) < 4.78 is 26.5. The van der Waals surface area contributed by atoms with E-state index in [0.29, 0.717) is 5.69 Å². The van der Waals surface area contributed by atoms with Gasteiger partial charge in [-0.15, -0.1) is 0 Å². The monoisotopic (exact) mass is 285 g/mol. The third kappa shape index (κ3) is 3.93. The summed E-state index contributed by atoms with van der Waals surface area (Å²) in [4.78, 5) is 11.2. The first-order chi connectivity index (χ1) is 8.54. The van der Waals surface area contributed by atoms with E-state index >= 15 is 0 Å². The fourth-order valence-electron chi connectivity index (χ4n) is 1.38. The second kappa shape index (κ2) is 5.18. The molecular formula is C12H19N3O3S. The minimum Gasteiger partial charge on any atom is -0.399 e. The fourth-order valence-corrected chi connectivity index (χ4v) is 2.73. The number of carbonyl (C=O) groups excluding carboxylic acids is 1. The molecule has 0 spiro atoms. The van der Waals surface area contributed by atoms with E-state index in [1.165, 1.54) is 12.1 Å². The summed E-state index contributed by atoms with van der Waals surface area (Å²) >= 11 is 0. The van der Waals surface area contributed by atoms with Gasteiger partial charge in [0.05, 0.1) is 10.3 Å². The van der Waals surface area contributed by atoms with Gasteiger partial charge in [-0.2, -0.15) is 0 Å². The maximum absolute atomic E-state index is 12.1. The number of nitrogens with one attached hydrogen (secondary N) is 1. The highest BCUT2D eigenvalue weighted by Crippen LogP contribution is 2.18. The predicted molar refractivity (Wildman–Crippen MR) is 73.8 cm³/mol. The van der Waals surface area contributed by atoms with Crippen LogP contribution in [0, 0.1) is 12.3 Å². The summed E-state index contributed by atoms with van der Waals surface area (Å²) in [5.41, 5.74) is 11.0. The highest BCUT2D eigenvalue weighted by molar-refractivity contribution is 7.89. The van der Waals surface area contributed by atoms with E-state index in [0.717, 1.165) is 5.56 Å². The van der Waals surface area contributed by atoms with Crippen LogP contribution in [-0.2, 0) is 14.8 Å². The van der Waals surface area contributed by atoms with Crippen LogP contribution >= 0.6 is 0 Å². The number of carbonyl (C=O) groups is 1. The number of aryl methyl sites for hydroxylation is 1. The van der Waals surface area contributed by atoms with Crippen LogP contribution in [0.4, 0.5) is 5.69 Å². The molecule has 0 saturated heterocycles. The Labute approximate surface area is 113 Å². The molecule has 1 rings (SSSR count). The van der Waals surface area contributed by atoms with Gasteiger partial charge in [-0.3, -0.25) is 4.79 Å². The number of hydrogen-bond donors (Lipinski definition) is 3. The lowest BCUT2D eigenvalue weighted by molar-refractivity contribution is -0.125. The molecule has 0 aliphatic carbocycles. The van der Waals surface area contributed by atoms with Crippen LogP contribution in [-0.4, -0.2) is 20.9 Å². The van der Waals surface area contributed by atoms with Gasteiger partial charge in [0.15, 0.2) is 0 Å². The van der Waals surface area contributed by atoms with Crippen molar-refractivity contribution in [2.45, 2.75) is 25.7 Å². The van der Waals surface area contributed by atoms with Crippen molar-refractivity contribution in [3.63, 3.8) is 0 Å². The summed E-state index contributed by atoms with van der Waals surface area (Å²) in [6, 6.07) is 4.55. The summed E-state index contributed by atoms with van der Waals surface area (Å²) in [5, 5.41) is 0. The quantitative estimate of drug-likeness (QED) is 0.678. The Hall–Kier alpha value is -1.60. The fraction of sp³-hybridized carbons (Fsp3) is 0.417. The molecule has 0 atom stereocenters. The van der Waals surface area contributed by atoms with E-state index < -0.39 is 21.3 Å². The van der Waals surface area contributed by atoms with Crippen molar-refractivity contribution in [2.75, 3.05) is 12.3 Å². The molecule has 106 valence electrons. The van der Waals surface area contributed by atoms with Gasteiger partial charge in [-0.1, -0.05) is 0 Å². The molecule has 1 aromatic rings. The molecule has 0 aromatic heterocycles. The standard InChI is InChI=1S/C12H19N3O3S/c1-8-4-9(13)6-10(5-8)19(17,18)15-7-12(2,3)11(14)16/h4-6,15H,7,13H2,1-3H3,(H2,14,16). The summed E-state index contributed by atoms with van der Waals surface area (Å²) in [6.07, 6.45) is 0. The molecule has 0 radical (unpaired) electrons. The minimum absolute atomic E-state index is 0.0709. The predicted octanol–water partition coefficient (Wildman–Crippen LogP) is 0.367. The molecule has 0 aliphatic rings. The van der Waals surface area contributed by atoms with Gasteiger partial charge in [-0.25, -0.2) is 13.1 Å². The molecule has 0 heterocycles. The smallest absolute Gasteiger partial charge is 0.240 e. The lowest BCUT2D eigenvalue weighted by Gasteiger charge is -2.20. The van der Waals surface area contributed by atoms with E-state index in [9.17, 15) is 13.2 Å². The first-order valence-electron chi connectivity index (χ1n) is 5.71. The molecule has 19 heavy (non-hydrogen) atoms. The van der Waals surface area contributed by atoms with Crippen molar-refractivity contribution in [1.82, 2.24) is 4.72 Å². The van der Waals surface area contributed by atoms with E-state index in [1.807, 2.05) is 0 Å². The van der Waals surface area contributed by atoms with E-state index in [2.05, 4.69) is 4.72 Å². The Balaban J connectivity index is 2.97. The lowest BCUT2D eigenvalue weighted by atomic mass is 9.93. The maximum atomic E-state index is 12.1. The second-order valence-corrected chi connectivity index (χ2v) is 6.92. The Bertz CT molecular complexity index is 574. The molecule has 1 amide bonds.